The third-order valence-electron chi connectivity index (χ3n) is 2.25. The van der Waals surface area contributed by atoms with Gasteiger partial charge in [0.1, 0.15) is 22.8 Å². The molecule has 0 saturated carbocycles. The largest absolute Gasteiger partial charge is 0.507 e. The first kappa shape index (κ1) is 12.7. The van der Waals surface area contributed by atoms with Crippen LogP contribution in [0.4, 0.5) is 0 Å². The summed E-state index contributed by atoms with van der Waals surface area (Å²) in [5.41, 5.74) is -0.182. The van der Waals surface area contributed by atoms with Crippen molar-refractivity contribution in [1.82, 2.24) is 0 Å². The average Bonchev–Trinajstić information content (AvgIpc) is 2.34. The van der Waals surface area contributed by atoms with Crippen LogP contribution in [0.3, 0.4) is 0 Å². The summed E-state index contributed by atoms with van der Waals surface area (Å²) >= 11 is 2.18. The molecule has 92 valence electrons. The van der Waals surface area contributed by atoms with Gasteiger partial charge in [0.25, 0.3) is 0 Å². The van der Waals surface area contributed by atoms with Crippen molar-refractivity contribution < 1.29 is 19.7 Å². The molecule has 0 bridgehead atoms. The number of benzene rings is 2. The average molecular weight is 356 g/mol. The van der Waals surface area contributed by atoms with Crippen molar-refractivity contribution in [3.63, 3.8) is 0 Å². The van der Waals surface area contributed by atoms with Crippen LogP contribution in [0.15, 0.2) is 42.5 Å². The van der Waals surface area contributed by atoms with Gasteiger partial charge in [-0.2, -0.15) is 0 Å². The molecule has 0 aliphatic carbocycles. The lowest BCUT2D eigenvalue weighted by Crippen LogP contribution is -1.97. The third-order valence-corrected chi connectivity index (χ3v) is 2.97. The highest BCUT2D eigenvalue weighted by molar-refractivity contribution is 14.1. The quantitative estimate of drug-likeness (QED) is 0.827. The van der Waals surface area contributed by atoms with E-state index in [-0.39, 0.29) is 11.3 Å². The molecule has 0 saturated heterocycles. The van der Waals surface area contributed by atoms with E-state index in [4.69, 9.17) is 9.84 Å². The van der Waals surface area contributed by atoms with Crippen molar-refractivity contribution in [2.24, 2.45) is 0 Å². The molecular formula is C13H9IO4. The van der Waals surface area contributed by atoms with Gasteiger partial charge in [-0.05, 0) is 65.1 Å². The van der Waals surface area contributed by atoms with Gasteiger partial charge in [0, 0.05) is 3.57 Å². The zero-order valence-corrected chi connectivity index (χ0v) is 11.3. The van der Waals surface area contributed by atoms with Crippen LogP contribution >= 0.6 is 22.6 Å². The molecule has 2 N–H and O–H groups in total. The minimum atomic E-state index is -1.19. The van der Waals surface area contributed by atoms with Crippen LogP contribution in [-0.4, -0.2) is 16.2 Å². The molecule has 2 aromatic carbocycles. The lowest BCUT2D eigenvalue weighted by atomic mass is 10.2. The summed E-state index contributed by atoms with van der Waals surface area (Å²) in [7, 11) is 0. The number of carboxylic acids is 1. The fourth-order valence-electron chi connectivity index (χ4n) is 1.39. The fraction of sp³-hybridized carbons (Fsp3) is 0. The van der Waals surface area contributed by atoms with E-state index in [2.05, 4.69) is 22.6 Å². The maximum absolute atomic E-state index is 10.9. The Balaban J connectivity index is 2.27. The number of rotatable bonds is 3. The molecule has 0 fully saturated rings. The molecule has 0 heterocycles. The minimum Gasteiger partial charge on any atom is -0.507 e. The van der Waals surface area contributed by atoms with Gasteiger partial charge in [-0.15, -0.1) is 0 Å². The maximum Gasteiger partial charge on any atom is 0.339 e. The summed E-state index contributed by atoms with van der Waals surface area (Å²) in [6.07, 6.45) is 0. The summed E-state index contributed by atoms with van der Waals surface area (Å²) in [4.78, 5) is 10.9. The molecule has 5 heteroatoms. The van der Waals surface area contributed by atoms with Gasteiger partial charge in [-0.3, -0.25) is 0 Å². The Kier molecular flexibility index (Phi) is 3.71. The summed E-state index contributed by atoms with van der Waals surface area (Å²) in [5.74, 6) is -0.498. The Morgan fingerprint density at radius 3 is 2.28 bits per heavy atom. The van der Waals surface area contributed by atoms with Crippen molar-refractivity contribution in [2.45, 2.75) is 0 Å². The first-order chi connectivity index (χ1) is 8.56. The van der Waals surface area contributed by atoms with Crippen LogP contribution in [-0.2, 0) is 0 Å². The van der Waals surface area contributed by atoms with Crippen LogP contribution in [0.2, 0.25) is 0 Å². The van der Waals surface area contributed by atoms with Gasteiger partial charge in [-0.1, -0.05) is 0 Å². The first-order valence-corrected chi connectivity index (χ1v) is 6.14. The summed E-state index contributed by atoms with van der Waals surface area (Å²) < 4.78 is 6.58. The van der Waals surface area contributed by atoms with Crippen LogP contribution < -0.4 is 4.74 Å². The number of hydrogen-bond acceptors (Lipinski definition) is 3. The van der Waals surface area contributed by atoms with E-state index < -0.39 is 5.97 Å². The lowest BCUT2D eigenvalue weighted by molar-refractivity contribution is 0.0693. The van der Waals surface area contributed by atoms with Crippen molar-refractivity contribution in [3.8, 4) is 17.2 Å². The second-order valence-corrected chi connectivity index (χ2v) is 4.79. The number of hydrogen-bond donors (Lipinski definition) is 2. The molecule has 2 aromatic rings. The van der Waals surface area contributed by atoms with E-state index in [0.717, 1.165) is 3.57 Å². The van der Waals surface area contributed by atoms with E-state index in [9.17, 15) is 9.90 Å². The highest BCUT2D eigenvalue weighted by Gasteiger charge is 2.11. The van der Waals surface area contributed by atoms with Crippen LogP contribution in [0.25, 0.3) is 0 Å². The van der Waals surface area contributed by atoms with Crippen LogP contribution in [0, 0.1) is 3.57 Å². The number of aromatic hydroxyl groups is 1. The Bertz CT molecular complexity index is 578. The molecular weight excluding hydrogens is 347 g/mol. The molecule has 0 spiro atoms. The molecule has 2 rings (SSSR count). The predicted molar refractivity (Wildman–Crippen MR) is 74.3 cm³/mol. The number of carboxylic acid groups (broad SMARTS) is 1. The van der Waals surface area contributed by atoms with Crippen LogP contribution in [0.5, 0.6) is 17.2 Å². The maximum atomic E-state index is 10.9. The third kappa shape index (κ3) is 2.92. The fourth-order valence-corrected chi connectivity index (χ4v) is 1.75. The molecule has 4 nitrogen and oxygen atoms in total. The van der Waals surface area contributed by atoms with E-state index in [0.29, 0.717) is 11.5 Å². The standard InChI is InChI=1S/C13H9IO4/c14-8-1-3-9(4-2-8)18-10-5-6-12(15)11(7-10)13(16)17/h1-7,15H,(H,16,17). The second-order valence-electron chi connectivity index (χ2n) is 3.54. The number of halogens is 1. The number of carbonyl (C=O) groups is 1. The Morgan fingerprint density at radius 1 is 1.06 bits per heavy atom. The van der Waals surface area contributed by atoms with E-state index in [1.807, 2.05) is 12.1 Å². The molecule has 0 radical (unpaired) electrons. The summed E-state index contributed by atoms with van der Waals surface area (Å²) in [6, 6.07) is 11.4. The van der Waals surface area contributed by atoms with Gasteiger partial charge < -0.3 is 14.9 Å². The molecule has 0 unspecified atom stereocenters. The van der Waals surface area contributed by atoms with Gasteiger partial charge in [0.15, 0.2) is 0 Å². The molecule has 0 aliphatic heterocycles. The highest BCUT2D eigenvalue weighted by atomic mass is 127. The molecule has 0 aromatic heterocycles. The van der Waals surface area contributed by atoms with Crippen molar-refractivity contribution >= 4 is 28.6 Å². The number of phenols is 1. The smallest absolute Gasteiger partial charge is 0.339 e. The summed E-state index contributed by atoms with van der Waals surface area (Å²) in [6.45, 7) is 0. The highest BCUT2D eigenvalue weighted by Crippen LogP contribution is 2.27. The van der Waals surface area contributed by atoms with Crippen molar-refractivity contribution in [1.29, 1.82) is 0 Å². The zero-order chi connectivity index (χ0) is 13.1. The number of ether oxygens (including phenoxy) is 1. The Labute approximate surface area is 117 Å². The monoisotopic (exact) mass is 356 g/mol. The van der Waals surface area contributed by atoms with Crippen molar-refractivity contribution in [2.75, 3.05) is 0 Å². The van der Waals surface area contributed by atoms with Gasteiger partial charge in [-0.25, -0.2) is 4.79 Å². The molecule has 18 heavy (non-hydrogen) atoms. The van der Waals surface area contributed by atoms with Crippen molar-refractivity contribution in [3.05, 3.63) is 51.6 Å². The topological polar surface area (TPSA) is 66.8 Å². The van der Waals surface area contributed by atoms with Gasteiger partial charge >= 0.3 is 5.97 Å². The SMILES string of the molecule is O=C(O)c1cc(Oc2ccc(I)cc2)ccc1O. The van der Waals surface area contributed by atoms with E-state index >= 15 is 0 Å². The number of aromatic carboxylic acids is 1. The van der Waals surface area contributed by atoms with Gasteiger partial charge in [0.05, 0.1) is 0 Å². The zero-order valence-electron chi connectivity index (χ0n) is 9.13. The van der Waals surface area contributed by atoms with E-state index in [1.54, 1.807) is 12.1 Å². The van der Waals surface area contributed by atoms with E-state index in [1.165, 1.54) is 18.2 Å². The minimum absolute atomic E-state index is 0.182. The predicted octanol–water partition coefficient (Wildman–Crippen LogP) is 3.49. The Hall–Kier alpha value is -1.76. The second kappa shape index (κ2) is 5.26. The van der Waals surface area contributed by atoms with Crippen LogP contribution in [0.1, 0.15) is 10.4 Å². The normalized spacial score (nSPS) is 10.1. The summed E-state index contributed by atoms with van der Waals surface area (Å²) in [5, 5.41) is 18.2. The molecule has 0 aliphatic rings. The Morgan fingerprint density at radius 2 is 1.67 bits per heavy atom. The first-order valence-electron chi connectivity index (χ1n) is 5.06. The molecule has 0 amide bonds. The lowest BCUT2D eigenvalue weighted by Gasteiger charge is -2.07. The molecule has 0 atom stereocenters. The van der Waals surface area contributed by atoms with Gasteiger partial charge in [0.2, 0.25) is 0 Å².